The standard InChI is InChI=1S/C27H31N3O3/c1-18(2)28-26(32)27(14-15-30(17-27)25(31)24-19(3)29-33-20(24)4)16-22-12-8-9-13-23(22)21-10-6-5-7-11-21/h5-13,18H,14-17H2,1-4H3,(H,28,32)/t27-/m0/s1. The van der Waals surface area contributed by atoms with Crippen LogP contribution in [-0.4, -0.2) is 41.0 Å². The summed E-state index contributed by atoms with van der Waals surface area (Å²) in [5, 5.41) is 7.04. The lowest BCUT2D eigenvalue weighted by molar-refractivity contribution is -0.130. The number of carbonyl (C=O) groups is 2. The lowest BCUT2D eigenvalue weighted by Crippen LogP contribution is -2.47. The zero-order valence-corrected chi connectivity index (χ0v) is 19.7. The van der Waals surface area contributed by atoms with Gasteiger partial charge >= 0.3 is 0 Å². The fourth-order valence-electron chi connectivity index (χ4n) is 4.76. The Morgan fingerprint density at radius 1 is 1.09 bits per heavy atom. The highest BCUT2D eigenvalue weighted by Gasteiger charge is 2.47. The Kier molecular flexibility index (Phi) is 6.36. The van der Waals surface area contributed by atoms with E-state index in [0.717, 1.165) is 16.7 Å². The van der Waals surface area contributed by atoms with Gasteiger partial charge in [-0.05, 0) is 57.2 Å². The van der Waals surface area contributed by atoms with Gasteiger partial charge in [0.15, 0.2) is 0 Å². The van der Waals surface area contributed by atoms with Gasteiger partial charge in [0.05, 0.1) is 11.1 Å². The number of aromatic nitrogens is 1. The average Bonchev–Trinajstić information content (AvgIpc) is 3.38. The Bertz CT molecular complexity index is 1130. The van der Waals surface area contributed by atoms with Crippen LogP contribution < -0.4 is 5.32 Å². The van der Waals surface area contributed by atoms with Gasteiger partial charge in [-0.2, -0.15) is 0 Å². The van der Waals surface area contributed by atoms with Crippen LogP contribution in [0, 0.1) is 19.3 Å². The first-order chi connectivity index (χ1) is 15.8. The molecule has 1 aromatic heterocycles. The molecule has 33 heavy (non-hydrogen) atoms. The molecule has 2 heterocycles. The third kappa shape index (κ3) is 4.56. The molecule has 1 N–H and O–H groups in total. The van der Waals surface area contributed by atoms with E-state index < -0.39 is 5.41 Å². The molecule has 1 saturated heterocycles. The van der Waals surface area contributed by atoms with Crippen molar-refractivity contribution in [3.8, 4) is 11.1 Å². The molecule has 6 heteroatoms. The number of likely N-dealkylation sites (tertiary alicyclic amines) is 1. The van der Waals surface area contributed by atoms with E-state index in [1.54, 1.807) is 18.7 Å². The van der Waals surface area contributed by atoms with Gasteiger partial charge in [-0.15, -0.1) is 0 Å². The van der Waals surface area contributed by atoms with Gasteiger partial charge in [0.2, 0.25) is 5.91 Å². The molecule has 3 aromatic rings. The van der Waals surface area contributed by atoms with Gasteiger partial charge in [-0.25, -0.2) is 0 Å². The normalized spacial score (nSPS) is 18.0. The van der Waals surface area contributed by atoms with Crippen molar-refractivity contribution >= 4 is 11.8 Å². The zero-order chi connectivity index (χ0) is 23.6. The first-order valence-corrected chi connectivity index (χ1v) is 11.5. The van der Waals surface area contributed by atoms with E-state index in [1.165, 1.54) is 0 Å². The molecule has 1 atom stereocenters. The monoisotopic (exact) mass is 445 g/mol. The van der Waals surface area contributed by atoms with Crippen LogP contribution in [0.4, 0.5) is 0 Å². The summed E-state index contributed by atoms with van der Waals surface area (Å²) in [7, 11) is 0. The maximum absolute atomic E-state index is 13.5. The summed E-state index contributed by atoms with van der Waals surface area (Å²) >= 11 is 0. The lowest BCUT2D eigenvalue weighted by Gasteiger charge is -2.30. The van der Waals surface area contributed by atoms with Crippen molar-refractivity contribution < 1.29 is 14.1 Å². The molecule has 0 unspecified atom stereocenters. The molecule has 2 aromatic carbocycles. The molecule has 6 nitrogen and oxygen atoms in total. The van der Waals surface area contributed by atoms with E-state index in [9.17, 15) is 9.59 Å². The summed E-state index contributed by atoms with van der Waals surface area (Å²) in [6.07, 6.45) is 1.16. The zero-order valence-electron chi connectivity index (χ0n) is 19.7. The highest BCUT2D eigenvalue weighted by molar-refractivity contribution is 5.97. The number of hydrogen-bond acceptors (Lipinski definition) is 4. The van der Waals surface area contributed by atoms with Gasteiger partial charge in [-0.1, -0.05) is 59.8 Å². The van der Waals surface area contributed by atoms with Crippen molar-refractivity contribution in [2.75, 3.05) is 13.1 Å². The third-order valence-electron chi connectivity index (χ3n) is 6.42. The summed E-state index contributed by atoms with van der Waals surface area (Å²) in [6.45, 7) is 8.32. The summed E-state index contributed by atoms with van der Waals surface area (Å²) in [5.74, 6) is 0.382. The lowest BCUT2D eigenvalue weighted by atomic mass is 9.78. The molecule has 1 aliphatic rings. The van der Waals surface area contributed by atoms with Crippen LogP contribution in [0.25, 0.3) is 11.1 Å². The number of nitrogens with one attached hydrogen (secondary N) is 1. The Hall–Kier alpha value is -3.41. The van der Waals surface area contributed by atoms with Gasteiger partial charge in [0.1, 0.15) is 11.3 Å². The molecule has 0 radical (unpaired) electrons. The number of aryl methyl sites for hydroxylation is 2. The number of carbonyl (C=O) groups excluding carboxylic acids is 2. The van der Waals surface area contributed by atoms with Gasteiger partial charge in [0, 0.05) is 19.1 Å². The van der Waals surface area contributed by atoms with Crippen LogP contribution >= 0.6 is 0 Å². The minimum atomic E-state index is -0.705. The largest absolute Gasteiger partial charge is 0.361 e. The fourth-order valence-corrected chi connectivity index (χ4v) is 4.76. The van der Waals surface area contributed by atoms with E-state index >= 15 is 0 Å². The fraction of sp³-hybridized carbons (Fsp3) is 0.370. The molecule has 2 amide bonds. The second-order valence-electron chi connectivity index (χ2n) is 9.28. The topological polar surface area (TPSA) is 75.4 Å². The van der Waals surface area contributed by atoms with E-state index in [2.05, 4.69) is 34.7 Å². The molecule has 0 spiro atoms. The van der Waals surface area contributed by atoms with E-state index in [4.69, 9.17) is 4.52 Å². The first-order valence-electron chi connectivity index (χ1n) is 11.5. The number of nitrogens with zero attached hydrogens (tertiary/aromatic N) is 2. The molecule has 0 bridgehead atoms. The number of rotatable bonds is 6. The minimum absolute atomic E-state index is 0.00516. The average molecular weight is 446 g/mol. The van der Waals surface area contributed by atoms with Gasteiger partial charge in [0.25, 0.3) is 5.91 Å². The smallest absolute Gasteiger partial charge is 0.259 e. The van der Waals surface area contributed by atoms with E-state index in [1.807, 2.05) is 44.2 Å². The second-order valence-corrected chi connectivity index (χ2v) is 9.28. The Labute approximate surface area is 195 Å². The highest BCUT2D eigenvalue weighted by atomic mass is 16.5. The van der Waals surface area contributed by atoms with Crippen molar-refractivity contribution in [3.05, 3.63) is 77.2 Å². The third-order valence-corrected chi connectivity index (χ3v) is 6.42. The maximum atomic E-state index is 13.5. The quantitative estimate of drug-likeness (QED) is 0.604. The molecule has 0 saturated carbocycles. The summed E-state index contributed by atoms with van der Waals surface area (Å²) in [6, 6.07) is 18.5. The molecular formula is C27H31N3O3. The van der Waals surface area contributed by atoms with Crippen molar-refractivity contribution in [1.29, 1.82) is 0 Å². The Morgan fingerprint density at radius 2 is 1.79 bits per heavy atom. The van der Waals surface area contributed by atoms with Crippen LogP contribution in [0.2, 0.25) is 0 Å². The van der Waals surface area contributed by atoms with Crippen LogP contribution in [0.15, 0.2) is 59.1 Å². The molecule has 4 rings (SSSR count). The van der Waals surface area contributed by atoms with Crippen molar-refractivity contribution in [2.45, 2.75) is 46.6 Å². The molecular weight excluding hydrogens is 414 g/mol. The molecule has 172 valence electrons. The summed E-state index contributed by atoms with van der Waals surface area (Å²) < 4.78 is 5.21. The molecule has 0 aliphatic carbocycles. The molecule has 1 aliphatic heterocycles. The van der Waals surface area contributed by atoms with Crippen LogP contribution in [-0.2, 0) is 11.2 Å². The van der Waals surface area contributed by atoms with Crippen LogP contribution in [0.1, 0.15) is 47.6 Å². The van der Waals surface area contributed by atoms with Crippen molar-refractivity contribution in [3.63, 3.8) is 0 Å². The number of hydrogen-bond donors (Lipinski definition) is 1. The van der Waals surface area contributed by atoms with E-state index in [-0.39, 0.29) is 17.9 Å². The number of amides is 2. The summed E-state index contributed by atoms with van der Waals surface area (Å²) in [4.78, 5) is 28.6. The Morgan fingerprint density at radius 3 is 2.45 bits per heavy atom. The minimum Gasteiger partial charge on any atom is -0.361 e. The van der Waals surface area contributed by atoms with Gasteiger partial charge < -0.3 is 14.7 Å². The predicted molar refractivity (Wildman–Crippen MR) is 128 cm³/mol. The predicted octanol–water partition coefficient (Wildman–Crippen LogP) is 4.56. The SMILES string of the molecule is Cc1noc(C)c1C(=O)N1CC[C@@](Cc2ccccc2-c2ccccc2)(C(=O)NC(C)C)C1. The maximum Gasteiger partial charge on any atom is 0.259 e. The van der Waals surface area contributed by atoms with E-state index in [0.29, 0.717) is 42.9 Å². The number of benzene rings is 2. The van der Waals surface area contributed by atoms with Crippen LogP contribution in [0.5, 0.6) is 0 Å². The second kappa shape index (κ2) is 9.22. The Balaban J connectivity index is 1.68. The van der Waals surface area contributed by atoms with Crippen molar-refractivity contribution in [2.24, 2.45) is 5.41 Å². The summed E-state index contributed by atoms with van der Waals surface area (Å²) in [5.41, 5.74) is 3.72. The van der Waals surface area contributed by atoms with Gasteiger partial charge in [-0.3, -0.25) is 9.59 Å². The molecule has 1 fully saturated rings. The van der Waals surface area contributed by atoms with Crippen molar-refractivity contribution in [1.82, 2.24) is 15.4 Å². The van der Waals surface area contributed by atoms with Crippen LogP contribution in [0.3, 0.4) is 0 Å². The highest BCUT2D eigenvalue weighted by Crippen LogP contribution is 2.38. The first kappa shape index (κ1) is 22.8.